The molecule has 0 fully saturated rings. The van der Waals surface area contributed by atoms with Gasteiger partial charge in [-0.1, -0.05) is 59.7 Å². The molecule has 2 atom stereocenters. The number of carbonyl (C=O) groups is 2. The smallest absolute Gasteiger partial charge is 0.162 e. The Morgan fingerprint density at radius 2 is 1.43 bits per heavy atom. The first-order chi connectivity index (χ1) is 25.6. The maximum Gasteiger partial charge on any atom is 0.162 e. The van der Waals surface area contributed by atoms with Gasteiger partial charge in [-0.3, -0.25) is 14.5 Å². The zero-order valence-corrected chi connectivity index (χ0v) is 34.9. The Hall–Kier alpha value is -4.28. The molecule has 4 heterocycles. The predicted molar refractivity (Wildman–Crippen MR) is 224 cm³/mol. The lowest BCUT2D eigenvalue weighted by molar-refractivity contribution is -0.119. The minimum absolute atomic E-state index is 0.137. The number of carbonyl (C=O) groups excluding carboxylic acids is 2. The molecule has 282 valence electrons. The number of benzene rings is 2. The Labute approximate surface area is 328 Å². The lowest BCUT2D eigenvalue weighted by Crippen LogP contribution is -2.45. The monoisotopic (exact) mass is 760 g/mol. The molecule has 0 saturated heterocycles. The number of fused-ring (bicyclic) bond motifs is 2. The number of Topliss-reactive ketones (excluding diaryl/α,β-unsaturated/α-hetero) is 2. The third kappa shape index (κ3) is 5.26. The van der Waals surface area contributed by atoms with Gasteiger partial charge < -0.3 is 15.1 Å². The van der Waals surface area contributed by atoms with Crippen molar-refractivity contribution in [3.8, 4) is 0 Å². The SMILES string of the molecule is CCC1(c2cccc(N(C)C)c2)C2=C(CC(C)(C)CC2=O)N(c2ccc(C3(CC)C4=C(CC(C)(C)CC4=O)Nc4ncsc43)c(N(C)C)c2)c2ncsc21. The first-order valence-electron chi connectivity index (χ1n) is 19.2. The van der Waals surface area contributed by atoms with Crippen molar-refractivity contribution in [1.82, 2.24) is 9.97 Å². The van der Waals surface area contributed by atoms with Gasteiger partial charge in [0, 0.05) is 80.6 Å². The quantitative estimate of drug-likeness (QED) is 0.200. The highest BCUT2D eigenvalue weighted by molar-refractivity contribution is 7.10. The highest BCUT2D eigenvalue weighted by atomic mass is 32.1. The van der Waals surface area contributed by atoms with Gasteiger partial charge in [-0.2, -0.15) is 0 Å². The van der Waals surface area contributed by atoms with Gasteiger partial charge in [0.2, 0.25) is 0 Å². The van der Waals surface area contributed by atoms with Crippen LogP contribution in [0.4, 0.5) is 28.7 Å². The largest absolute Gasteiger partial charge is 0.378 e. The molecule has 2 aromatic carbocycles. The molecule has 8 rings (SSSR count). The van der Waals surface area contributed by atoms with Crippen molar-refractivity contribution < 1.29 is 9.59 Å². The van der Waals surface area contributed by atoms with Crippen LogP contribution in [0.2, 0.25) is 0 Å². The Morgan fingerprint density at radius 3 is 2.11 bits per heavy atom. The summed E-state index contributed by atoms with van der Waals surface area (Å²) in [7, 11) is 8.30. The highest BCUT2D eigenvalue weighted by Gasteiger charge is 2.54. The van der Waals surface area contributed by atoms with E-state index < -0.39 is 10.8 Å². The fourth-order valence-electron chi connectivity index (χ4n) is 10.0. The molecule has 2 aromatic heterocycles. The topological polar surface area (TPSA) is 81.7 Å². The van der Waals surface area contributed by atoms with Crippen LogP contribution >= 0.6 is 22.7 Å². The van der Waals surface area contributed by atoms with Crippen LogP contribution in [-0.4, -0.2) is 49.7 Å². The van der Waals surface area contributed by atoms with Crippen LogP contribution < -0.4 is 20.0 Å². The van der Waals surface area contributed by atoms with E-state index >= 15 is 0 Å². The van der Waals surface area contributed by atoms with E-state index in [0.717, 1.165) is 97.8 Å². The van der Waals surface area contributed by atoms with E-state index in [1.54, 1.807) is 22.7 Å². The molecule has 2 aliphatic heterocycles. The number of hydrogen-bond donors (Lipinski definition) is 1. The fourth-order valence-corrected chi connectivity index (χ4v) is 12.1. The summed E-state index contributed by atoms with van der Waals surface area (Å²) < 4.78 is 0. The van der Waals surface area contributed by atoms with Gasteiger partial charge in [0.25, 0.3) is 0 Å². The molecule has 8 nitrogen and oxygen atoms in total. The summed E-state index contributed by atoms with van der Waals surface area (Å²) in [4.78, 5) is 47.8. The summed E-state index contributed by atoms with van der Waals surface area (Å²) in [5, 5.41) is 3.61. The Kier molecular flexibility index (Phi) is 8.58. The molecule has 4 aliphatic rings. The third-order valence-corrected chi connectivity index (χ3v) is 14.3. The fraction of sp³-hybridized carbons (Fsp3) is 0.455. The molecule has 2 unspecified atom stereocenters. The van der Waals surface area contributed by atoms with Crippen LogP contribution in [0.25, 0.3) is 0 Å². The first kappa shape index (κ1) is 36.7. The summed E-state index contributed by atoms with van der Waals surface area (Å²) in [6.07, 6.45) is 4.01. The molecule has 0 radical (unpaired) electrons. The summed E-state index contributed by atoms with van der Waals surface area (Å²) in [6.45, 7) is 13.2. The average molecular weight is 761 g/mol. The van der Waals surface area contributed by atoms with Crippen molar-refractivity contribution in [3.05, 3.63) is 96.9 Å². The minimum Gasteiger partial charge on any atom is -0.378 e. The standard InChI is InChI=1S/C44H52N6O2S2/c1-11-43(26-14-13-15-27(18-26)48(7)8)36-32(21-42(5,6)23-34(36)52)50(40-38(43)54-25-46-40)28-16-17-29(31(19-28)49(9)10)44(12-2)35-30(20-41(3,4)22-33(35)51)47-39-37(44)53-24-45-39/h13-19,24-25,47H,11-12,20-23H2,1-10H3. The summed E-state index contributed by atoms with van der Waals surface area (Å²) in [6, 6.07) is 15.4. The number of aromatic nitrogens is 2. The van der Waals surface area contributed by atoms with Gasteiger partial charge in [0.1, 0.15) is 5.82 Å². The minimum atomic E-state index is -0.654. The van der Waals surface area contributed by atoms with Crippen molar-refractivity contribution in [2.75, 3.05) is 48.2 Å². The van der Waals surface area contributed by atoms with Crippen molar-refractivity contribution >= 4 is 62.9 Å². The van der Waals surface area contributed by atoms with Crippen LogP contribution in [0.1, 0.15) is 101 Å². The van der Waals surface area contributed by atoms with Crippen molar-refractivity contribution in [2.24, 2.45) is 10.8 Å². The molecule has 4 aromatic rings. The number of anilines is 5. The second-order valence-corrected chi connectivity index (χ2v) is 19.3. The van der Waals surface area contributed by atoms with E-state index in [2.05, 4.69) is 132 Å². The Bertz CT molecular complexity index is 2270. The molecule has 0 saturated carbocycles. The number of rotatable bonds is 7. The summed E-state index contributed by atoms with van der Waals surface area (Å²) in [5.41, 5.74) is 11.4. The van der Waals surface area contributed by atoms with E-state index in [9.17, 15) is 9.59 Å². The average Bonchev–Trinajstić information content (AvgIpc) is 3.79. The number of ketones is 2. The van der Waals surface area contributed by atoms with Gasteiger partial charge >= 0.3 is 0 Å². The lowest BCUT2D eigenvalue weighted by Gasteiger charge is -2.49. The third-order valence-electron chi connectivity index (χ3n) is 12.3. The Morgan fingerprint density at radius 1 is 0.759 bits per heavy atom. The maximum atomic E-state index is 14.8. The zero-order valence-electron chi connectivity index (χ0n) is 33.3. The molecule has 0 bridgehead atoms. The summed E-state index contributed by atoms with van der Waals surface area (Å²) >= 11 is 3.27. The van der Waals surface area contributed by atoms with E-state index in [0.29, 0.717) is 12.8 Å². The summed E-state index contributed by atoms with van der Waals surface area (Å²) in [5.74, 6) is 2.17. The lowest BCUT2D eigenvalue weighted by atomic mass is 9.61. The van der Waals surface area contributed by atoms with Crippen molar-refractivity contribution in [2.45, 2.75) is 90.9 Å². The normalized spacial score (nSPS) is 24.1. The number of thiazole rings is 2. The molecule has 0 spiro atoms. The van der Waals surface area contributed by atoms with E-state index in [-0.39, 0.29) is 22.4 Å². The zero-order chi connectivity index (χ0) is 38.5. The van der Waals surface area contributed by atoms with Gasteiger partial charge in [0.05, 0.1) is 31.6 Å². The van der Waals surface area contributed by atoms with Gasteiger partial charge in [-0.15, -0.1) is 22.7 Å². The van der Waals surface area contributed by atoms with E-state index in [4.69, 9.17) is 9.97 Å². The molecule has 2 aliphatic carbocycles. The van der Waals surface area contributed by atoms with Gasteiger partial charge in [-0.25, -0.2) is 9.97 Å². The molecule has 0 amide bonds. The second kappa shape index (κ2) is 12.6. The number of nitrogens with zero attached hydrogens (tertiary/aromatic N) is 5. The number of nitrogens with one attached hydrogen (secondary N) is 1. The first-order valence-corrected chi connectivity index (χ1v) is 20.9. The molecular weight excluding hydrogens is 709 g/mol. The van der Waals surface area contributed by atoms with Crippen molar-refractivity contribution in [1.29, 1.82) is 0 Å². The predicted octanol–water partition coefficient (Wildman–Crippen LogP) is 9.99. The van der Waals surface area contributed by atoms with E-state index in [1.165, 1.54) is 0 Å². The van der Waals surface area contributed by atoms with Crippen LogP contribution in [0.5, 0.6) is 0 Å². The molecular formula is C44H52N6O2S2. The van der Waals surface area contributed by atoms with Crippen LogP contribution in [-0.2, 0) is 20.4 Å². The second-order valence-electron chi connectivity index (χ2n) is 17.6. The molecule has 54 heavy (non-hydrogen) atoms. The highest BCUT2D eigenvalue weighted by Crippen LogP contribution is 2.61. The van der Waals surface area contributed by atoms with Gasteiger partial charge in [0.15, 0.2) is 17.4 Å². The Balaban J connectivity index is 1.38. The van der Waals surface area contributed by atoms with Crippen LogP contribution in [0.3, 0.4) is 0 Å². The van der Waals surface area contributed by atoms with Crippen LogP contribution in [0, 0.1) is 10.8 Å². The van der Waals surface area contributed by atoms with Crippen LogP contribution in [0.15, 0.2) is 76.0 Å². The number of allylic oxidation sites excluding steroid dienone is 4. The molecule has 1 N–H and O–H groups in total. The molecule has 10 heteroatoms. The van der Waals surface area contributed by atoms with E-state index in [1.807, 2.05) is 11.0 Å². The van der Waals surface area contributed by atoms with Gasteiger partial charge in [-0.05, 0) is 71.9 Å². The number of hydrogen-bond acceptors (Lipinski definition) is 10. The van der Waals surface area contributed by atoms with Crippen molar-refractivity contribution in [3.63, 3.8) is 0 Å². The maximum absolute atomic E-state index is 14.8.